The number of ether oxygens (including phenoxy) is 1. The number of amides is 1. The van der Waals surface area contributed by atoms with Crippen molar-refractivity contribution < 1.29 is 19.1 Å². The van der Waals surface area contributed by atoms with Crippen LogP contribution < -0.4 is 5.32 Å². The summed E-state index contributed by atoms with van der Waals surface area (Å²) in [6.45, 7) is 3.68. The van der Waals surface area contributed by atoms with Crippen LogP contribution in [0, 0.1) is 0 Å². The minimum Gasteiger partial charge on any atom is -0.455 e. The van der Waals surface area contributed by atoms with Crippen molar-refractivity contribution in [1.29, 1.82) is 0 Å². The van der Waals surface area contributed by atoms with Gasteiger partial charge in [-0.1, -0.05) is 30.0 Å². The Morgan fingerprint density at radius 1 is 1.20 bits per heavy atom. The van der Waals surface area contributed by atoms with E-state index in [2.05, 4.69) is 15.5 Å². The number of nitrogens with one attached hydrogen (secondary N) is 1. The summed E-state index contributed by atoms with van der Waals surface area (Å²) >= 11 is 2.78. The summed E-state index contributed by atoms with van der Waals surface area (Å²) in [7, 11) is 0. The molecule has 0 aliphatic heterocycles. The fourth-order valence-corrected chi connectivity index (χ4v) is 4.11. The van der Waals surface area contributed by atoms with Gasteiger partial charge in [0, 0.05) is 17.8 Å². The highest BCUT2D eigenvalue weighted by atomic mass is 32.2. The first-order valence-corrected chi connectivity index (χ1v) is 11.0. The number of thioether (sulfide) groups is 1. The first-order chi connectivity index (χ1) is 14.5. The van der Waals surface area contributed by atoms with Crippen molar-refractivity contribution in [2.45, 2.75) is 25.5 Å². The minimum absolute atomic E-state index is 0.00960. The summed E-state index contributed by atoms with van der Waals surface area (Å²) in [5, 5.41) is 13.6. The van der Waals surface area contributed by atoms with Crippen LogP contribution in [0.3, 0.4) is 0 Å². The van der Waals surface area contributed by atoms with Crippen molar-refractivity contribution in [3.05, 3.63) is 47.3 Å². The van der Waals surface area contributed by atoms with Gasteiger partial charge in [-0.15, -0.1) is 21.5 Å². The Balaban J connectivity index is 1.49. The number of rotatable bonds is 9. The van der Waals surface area contributed by atoms with Crippen LogP contribution in [0.4, 0.5) is 5.69 Å². The molecule has 10 heteroatoms. The number of hydrogen-bond acceptors (Lipinski definition) is 8. The quantitative estimate of drug-likeness (QED) is 0.306. The topological polar surface area (TPSA) is 103 Å². The number of thiophene rings is 1. The van der Waals surface area contributed by atoms with Gasteiger partial charge in [-0.3, -0.25) is 14.4 Å². The Morgan fingerprint density at radius 3 is 2.73 bits per heavy atom. The number of esters is 1. The Morgan fingerprint density at radius 2 is 2.03 bits per heavy atom. The second kappa shape index (κ2) is 10.2. The van der Waals surface area contributed by atoms with Crippen molar-refractivity contribution in [1.82, 2.24) is 14.8 Å². The zero-order chi connectivity index (χ0) is 21.5. The van der Waals surface area contributed by atoms with Crippen molar-refractivity contribution >= 4 is 46.4 Å². The molecule has 156 valence electrons. The smallest absolute Gasteiger partial charge is 0.316 e. The number of hydrogen-bond donors (Lipinski definition) is 1. The SMILES string of the molecule is CCn1c(SCC(=O)OCC(=O)Nc2cccc(C(C)=O)c2)nnc1-c1cccs1. The lowest BCUT2D eigenvalue weighted by atomic mass is 10.1. The molecule has 0 unspecified atom stereocenters. The van der Waals surface area contributed by atoms with E-state index in [9.17, 15) is 14.4 Å². The maximum absolute atomic E-state index is 12.0. The predicted octanol–water partition coefficient (Wildman–Crippen LogP) is 3.50. The maximum atomic E-state index is 12.0. The lowest BCUT2D eigenvalue weighted by molar-refractivity contribution is -0.144. The number of nitrogens with zero attached hydrogens (tertiary/aromatic N) is 3. The fourth-order valence-electron chi connectivity index (χ4n) is 2.59. The first-order valence-electron chi connectivity index (χ1n) is 9.14. The standard InChI is InChI=1S/C20H20N4O4S2/c1-3-24-19(16-8-5-9-29-16)22-23-20(24)30-12-18(27)28-11-17(26)21-15-7-4-6-14(10-15)13(2)25/h4-10H,3,11-12H2,1-2H3,(H,21,26). The van der Waals surface area contributed by atoms with Gasteiger partial charge in [0.15, 0.2) is 23.4 Å². The highest BCUT2D eigenvalue weighted by Gasteiger charge is 2.16. The third-order valence-electron chi connectivity index (χ3n) is 4.01. The summed E-state index contributed by atoms with van der Waals surface area (Å²) < 4.78 is 6.96. The molecule has 2 heterocycles. The molecule has 0 saturated heterocycles. The van der Waals surface area contributed by atoms with E-state index in [4.69, 9.17) is 4.74 Å². The first kappa shape index (κ1) is 21.7. The van der Waals surface area contributed by atoms with Gasteiger partial charge in [0.25, 0.3) is 5.91 Å². The van der Waals surface area contributed by atoms with Gasteiger partial charge in [-0.05, 0) is 37.4 Å². The number of aromatic nitrogens is 3. The highest BCUT2D eigenvalue weighted by molar-refractivity contribution is 7.99. The molecule has 30 heavy (non-hydrogen) atoms. The molecule has 3 rings (SSSR count). The predicted molar refractivity (Wildman–Crippen MR) is 116 cm³/mol. The third-order valence-corrected chi connectivity index (χ3v) is 5.82. The average molecular weight is 445 g/mol. The van der Waals surface area contributed by atoms with Crippen LogP contribution in [0.1, 0.15) is 24.2 Å². The van der Waals surface area contributed by atoms with Crippen LogP contribution in [0.2, 0.25) is 0 Å². The maximum Gasteiger partial charge on any atom is 0.316 e. The molecule has 0 radical (unpaired) electrons. The average Bonchev–Trinajstić information content (AvgIpc) is 3.40. The van der Waals surface area contributed by atoms with E-state index in [-0.39, 0.29) is 11.5 Å². The number of benzene rings is 1. The molecule has 0 saturated carbocycles. The zero-order valence-corrected chi connectivity index (χ0v) is 18.1. The number of carbonyl (C=O) groups excluding carboxylic acids is 3. The van der Waals surface area contributed by atoms with E-state index in [0.717, 1.165) is 10.7 Å². The molecule has 1 amide bonds. The molecular weight excluding hydrogens is 424 g/mol. The highest BCUT2D eigenvalue weighted by Crippen LogP contribution is 2.27. The van der Waals surface area contributed by atoms with Crippen molar-refractivity contribution in [3.63, 3.8) is 0 Å². The largest absolute Gasteiger partial charge is 0.455 e. The molecule has 1 N–H and O–H groups in total. The van der Waals surface area contributed by atoms with Crippen LogP contribution >= 0.6 is 23.1 Å². The molecule has 1 aromatic carbocycles. The van der Waals surface area contributed by atoms with Gasteiger partial charge in [0.1, 0.15) is 0 Å². The Hall–Kier alpha value is -2.98. The van der Waals surface area contributed by atoms with Crippen LogP contribution in [0.25, 0.3) is 10.7 Å². The zero-order valence-electron chi connectivity index (χ0n) is 16.5. The second-order valence-corrected chi connectivity index (χ2v) is 8.05. The van der Waals surface area contributed by atoms with Crippen LogP contribution in [0.5, 0.6) is 0 Å². The molecule has 0 spiro atoms. The summed E-state index contributed by atoms with van der Waals surface area (Å²) in [4.78, 5) is 36.4. The van der Waals surface area contributed by atoms with Crippen LogP contribution in [0.15, 0.2) is 46.9 Å². The molecule has 0 atom stereocenters. The van der Waals surface area contributed by atoms with Gasteiger partial charge in [0.05, 0.1) is 10.6 Å². The van der Waals surface area contributed by atoms with E-state index in [1.807, 2.05) is 29.0 Å². The Labute approximate surface area is 181 Å². The van der Waals surface area contributed by atoms with Gasteiger partial charge in [0.2, 0.25) is 0 Å². The molecular formula is C20H20N4O4S2. The molecule has 8 nitrogen and oxygen atoms in total. The molecule has 0 bridgehead atoms. The van der Waals surface area contributed by atoms with Crippen molar-refractivity contribution in [2.24, 2.45) is 0 Å². The van der Waals surface area contributed by atoms with Crippen LogP contribution in [-0.4, -0.2) is 44.8 Å². The van der Waals surface area contributed by atoms with Gasteiger partial charge in [-0.2, -0.15) is 0 Å². The fraction of sp³-hybridized carbons (Fsp3) is 0.250. The lowest BCUT2D eigenvalue weighted by Crippen LogP contribution is -2.21. The summed E-state index contributed by atoms with van der Waals surface area (Å²) in [6, 6.07) is 10.5. The molecule has 0 aliphatic rings. The van der Waals surface area contributed by atoms with Gasteiger partial charge >= 0.3 is 5.97 Å². The normalized spacial score (nSPS) is 10.6. The number of carbonyl (C=O) groups is 3. The Bertz CT molecular complexity index is 1050. The third kappa shape index (κ3) is 5.55. The Kier molecular flexibility index (Phi) is 7.36. The number of ketones is 1. The van der Waals surface area contributed by atoms with Gasteiger partial charge in [-0.25, -0.2) is 0 Å². The molecule has 0 fully saturated rings. The minimum atomic E-state index is -0.532. The van der Waals surface area contributed by atoms with Crippen molar-refractivity contribution in [2.75, 3.05) is 17.7 Å². The van der Waals surface area contributed by atoms with Gasteiger partial charge < -0.3 is 14.6 Å². The van der Waals surface area contributed by atoms with Crippen LogP contribution in [-0.2, 0) is 20.9 Å². The molecule has 2 aromatic heterocycles. The van der Waals surface area contributed by atoms with E-state index in [0.29, 0.717) is 23.0 Å². The number of Topliss-reactive ketones (excluding diaryl/α,β-unsaturated/α-hetero) is 1. The van der Waals surface area contributed by atoms with E-state index in [1.54, 1.807) is 35.6 Å². The monoisotopic (exact) mass is 444 g/mol. The van der Waals surface area contributed by atoms with E-state index in [1.165, 1.54) is 18.7 Å². The summed E-state index contributed by atoms with van der Waals surface area (Å²) in [6.07, 6.45) is 0. The molecule has 0 aliphatic carbocycles. The van der Waals surface area contributed by atoms with E-state index >= 15 is 0 Å². The summed E-state index contributed by atoms with van der Waals surface area (Å²) in [5.41, 5.74) is 0.957. The molecule has 3 aromatic rings. The number of anilines is 1. The second-order valence-electron chi connectivity index (χ2n) is 6.16. The van der Waals surface area contributed by atoms with E-state index < -0.39 is 18.5 Å². The lowest BCUT2D eigenvalue weighted by Gasteiger charge is -2.08. The van der Waals surface area contributed by atoms with Crippen molar-refractivity contribution in [3.8, 4) is 10.7 Å². The summed E-state index contributed by atoms with van der Waals surface area (Å²) in [5.74, 6) is -0.343.